The standard InChI is InChI=1S/C8H7N5O2/c9-6-2-11-7(1-5(6)8(14)15)13-4-10-3-12-13/h1-4H,9H2,(H,14,15). The van der Waals surface area contributed by atoms with E-state index in [0.29, 0.717) is 5.82 Å². The van der Waals surface area contributed by atoms with Crippen LogP contribution in [0.5, 0.6) is 0 Å². The van der Waals surface area contributed by atoms with Crippen LogP contribution in [0.4, 0.5) is 5.69 Å². The molecule has 2 aromatic heterocycles. The largest absolute Gasteiger partial charge is 0.478 e. The molecule has 2 rings (SSSR count). The summed E-state index contributed by atoms with van der Waals surface area (Å²) in [5.74, 6) is -0.740. The third-order valence-electron chi connectivity index (χ3n) is 1.80. The Bertz CT molecular complexity index is 494. The van der Waals surface area contributed by atoms with E-state index in [0.717, 1.165) is 0 Å². The summed E-state index contributed by atoms with van der Waals surface area (Å²) >= 11 is 0. The second-order valence-corrected chi connectivity index (χ2v) is 2.77. The highest BCUT2D eigenvalue weighted by atomic mass is 16.4. The van der Waals surface area contributed by atoms with Crippen molar-refractivity contribution in [2.24, 2.45) is 0 Å². The van der Waals surface area contributed by atoms with Gasteiger partial charge >= 0.3 is 5.97 Å². The molecule has 0 saturated heterocycles. The van der Waals surface area contributed by atoms with Gasteiger partial charge in [-0.05, 0) is 6.07 Å². The molecule has 0 unspecified atom stereocenters. The van der Waals surface area contributed by atoms with Crippen molar-refractivity contribution in [2.45, 2.75) is 0 Å². The van der Waals surface area contributed by atoms with Crippen LogP contribution in [0.25, 0.3) is 5.82 Å². The molecule has 2 heterocycles. The van der Waals surface area contributed by atoms with Crippen molar-refractivity contribution in [1.29, 1.82) is 0 Å². The molecular formula is C8H7N5O2. The Morgan fingerprint density at radius 2 is 2.33 bits per heavy atom. The lowest BCUT2D eigenvalue weighted by Crippen LogP contribution is -2.06. The molecule has 0 radical (unpaired) electrons. The molecule has 0 aromatic carbocycles. The van der Waals surface area contributed by atoms with Gasteiger partial charge in [0, 0.05) is 0 Å². The molecule has 0 atom stereocenters. The van der Waals surface area contributed by atoms with Crippen molar-refractivity contribution in [1.82, 2.24) is 19.7 Å². The maximum atomic E-state index is 10.8. The molecule has 2 aromatic rings. The number of carbonyl (C=O) groups is 1. The number of hydrogen-bond donors (Lipinski definition) is 2. The van der Waals surface area contributed by atoms with E-state index in [1.165, 1.54) is 29.6 Å². The van der Waals surface area contributed by atoms with Crippen LogP contribution in [0.2, 0.25) is 0 Å². The number of pyridine rings is 1. The zero-order valence-electron chi connectivity index (χ0n) is 7.53. The Morgan fingerprint density at radius 1 is 1.53 bits per heavy atom. The zero-order valence-corrected chi connectivity index (χ0v) is 7.53. The summed E-state index contributed by atoms with van der Waals surface area (Å²) in [6.45, 7) is 0. The van der Waals surface area contributed by atoms with Gasteiger partial charge in [-0.1, -0.05) is 0 Å². The van der Waals surface area contributed by atoms with E-state index in [4.69, 9.17) is 10.8 Å². The highest BCUT2D eigenvalue weighted by molar-refractivity contribution is 5.93. The molecule has 0 spiro atoms. The molecule has 15 heavy (non-hydrogen) atoms. The minimum atomic E-state index is -1.10. The number of nitrogens with two attached hydrogens (primary N) is 1. The Hall–Kier alpha value is -2.44. The maximum absolute atomic E-state index is 10.8. The van der Waals surface area contributed by atoms with E-state index in [2.05, 4.69) is 15.1 Å². The van der Waals surface area contributed by atoms with Gasteiger partial charge in [0.2, 0.25) is 0 Å². The fraction of sp³-hybridized carbons (Fsp3) is 0. The number of nitrogens with zero attached hydrogens (tertiary/aromatic N) is 4. The number of carboxylic acid groups (broad SMARTS) is 1. The number of anilines is 1. The number of hydrogen-bond acceptors (Lipinski definition) is 5. The van der Waals surface area contributed by atoms with Crippen molar-refractivity contribution < 1.29 is 9.90 Å². The van der Waals surface area contributed by atoms with E-state index in [1.54, 1.807) is 0 Å². The lowest BCUT2D eigenvalue weighted by molar-refractivity contribution is 0.0698. The summed E-state index contributed by atoms with van der Waals surface area (Å²) in [5.41, 5.74) is 5.57. The summed E-state index contributed by atoms with van der Waals surface area (Å²) in [7, 11) is 0. The van der Waals surface area contributed by atoms with Crippen LogP contribution in [0.15, 0.2) is 24.9 Å². The molecule has 7 heteroatoms. The molecule has 0 aliphatic rings. The van der Waals surface area contributed by atoms with Crippen molar-refractivity contribution in [2.75, 3.05) is 5.73 Å². The fourth-order valence-electron chi connectivity index (χ4n) is 1.09. The van der Waals surface area contributed by atoms with Crippen LogP contribution in [-0.4, -0.2) is 30.8 Å². The van der Waals surface area contributed by atoms with Gasteiger partial charge in [-0.2, -0.15) is 5.10 Å². The Morgan fingerprint density at radius 3 is 2.93 bits per heavy atom. The van der Waals surface area contributed by atoms with E-state index >= 15 is 0 Å². The molecule has 0 aliphatic heterocycles. The average Bonchev–Trinajstić information content (AvgIpc) is 2.71. The first-order chi connectivity index (χ1) is 7.18. The number of nitrogen functional groups attached to an aromatic ring is 1. The lowest BCUT2D eigenvalue weighted by atomic mass is 10.2. The maximum Gasteiger partial charge on any atom is 0.337 e. The number of rotatable bonds is 2. The molecule has 0 amide bonds. The topological polar surface area (TPSA) is 107 Å². The van der Waals surface area contributed by atoms with Gasteiger partial charge in [-0.3, -0.25) is 0 Å². The first kappa shape index (κ1) is 9.13. The van der Waals surface area contributed by atoms with Gasteiger partial charge in [-0.15, -0.1) is 0 Å². The second-order valence-electron chi connectivity index (χ2n) is 2.77. The van der Waals surface area contributed by atoms with E-state index in [1.807, 2.05) is 0 Å². The minimum absolute atomic E-state index is 0.00417. The Kier molecular flexibility index (Phi) is 2.05. The number of aromatic carboxylic acids is 1. The molecule has 0 fully saturated rings. The third-order valence-corrected chi connectivity index (χ3v) is 1.80. The molecule has 0 aliphatic carbocycles. The van der Waals surface area contributed by atoms with Crippen LogP contribution >= 0.6 is 0 Å². The van der Waals surface area contributed by atoms with Crippen molar-refractivity contribution in [3.63, 3.8) is 0 Å². The predicted octanol–water partition coefficient (Wildman–Crippen LogP) is -0.0573. The first-order valence-electron chi connectivity index (χ1n) is 4.02. The minimum Gasteiger partial charge on any atom is -0.478 e. The summed E-state index contributed by atoms with van der Waals surface area (Å²) in [6, 6.07) is 1.34. The smallest absolute Gasteiger partial charge is 0.337 e. The van der Waals surface area contributed by atoms with Crippen molar-refractivity contribution >= 4 is 11.7 Å². The Balaban J connectivity index is 2.52. The molecule has 76 valence electrons. The number of aromatic nitrogens is 4. The molecule has 3 N–H and O–H groups in total. The molecule has 7 nitrogen and oxygen atoms in total. The van der Waals surface area contributed by atoms with Gasteiger partial charge in [0.25, 0.3) is 0 Å². The molecule has 0 saturated carbocycles. The van der Waals surface area contributed by atoms with Crippen LogP contribution in [0, 0.1) is 0 Å². The molecule has 0 bridgehead atoms. The van der Waals surface area contributed by atoms with Crippen molar-refractivity contribution in [3.8, 4) is 5.82 Å². The summed E-state index contributed by atoms with van der Waals surface area (Å²) in [6.07, 6.45) is 4.03. The fourth-order valence-corrected chi connectivity index (χ4v) is 1.09. The number of carboxylic acids is 1. The lowest BCUT2D eigenvalue weighted by Gasteiger charge is -2.03. The van der Waals surface area contributed by atoms with Crippen LogP contribution < -0.4 is 5.73 Å². The van der Waals surface area contributed by atoms with Gasteiger partial charge in [0.15, 0.2) is 5.82 Å². The van der Waals surface area contributed by atoms with Crippen LogP contribution in [-0.2, 0) is 0 Å². The van der Waals surface area contributed by atoms with Gasteiger partial charge < -0.3 is 10.8 Å². The summed E-state index contributed by atoms with van der Waals surface area (Å²) in [5, 5.41) is 12.7. The van der Waals surface area contributed by atoms with E-state index in [9.17, 15) is 4.79 Å². The van der Waals surface area contributed by atoms with Gasteiger partial charge in [0.05, 0.1) is 17.4 Å². The quantitative estimate of drug-likeness (QED) is 0.711. The second kappa shape index (κ2) is 3.37. The first-order valence-corrected chi connectivity index (χ1v) is 4.02. The van der Waals surface area contributed by atoms with Gasteiger partial charge in [0.1, 0.15) is 12.7 Å². The third kappa shape index (κ3) is 1.62. The van der Waals surface area contributed by atoms with Gasteiger partial charge in [-0.25, -0.2) is 19.4 Å². The summed E-state index contributed by atoms with van der Waals surface area (Å²) < 4.78 is 1.35. The zero-order chi connectivity index (χ0) is 10.8. The molecular weight excluding hydrogens is 198 g/mol. The van der Waals surface area contributed by atoms with E-state index < -0.39 is 5.97 Å². The monoisotopic (exact) mass is 205 g/mol. The SMILES string of the molecule is Nc1cnc(-n2cncn2)cc1C(=O)O. The van der Waals surface area contributed by atoms with E-state index in [-0.39, 0.29) is 11.3 Å². The van der Waals surface area contributed by atoms with Crippen molar-refractivity contribution in [3.05, 3.63) is 30.5 Å². The van der Waals surface area contributed by atoms with Crippen LogP contribution in [0.3, 0.4) is 0 Å². The average molecular weight is 205 g/mol. The van der Waals surface area contributed by atoms with Crippen LogP contribution in [0.1, 0.15) is 10.4 Å². The Labute approximate surface area is 84.2 Å². The highest BCUT2D eigenvalue weighted by Crippen LogP contribution is 2.13. The normalized spacial score (nSPS) is 10.1. The summed E-state index contributed by atoms with van der Waals surface area (Å²) in [4.78, 5) is 18.5. The highest BCUT2D eigenvalue weighted by Gasteiger charge is 2.10. The predicted molar refractivity (Wildman–Crippen MR) is 50.5 cm³/mol.